The number of hydrogen-bond donors (Lipinski definition) is 2. The molecule has 0 saturated carbocycles. The van der Waals surface area contributed by atoms with E-state index in [4.69, 9.17) is 34.8 Å². The molecule has 3 aromatic rings. The predicted octanol–water partition coefficient (Wildman–Crippen LogP) is 6.40. The molecule has 1 heterocycles. The minimum atomic E-state index is -0.410. The van der Waals surface area contributed by atoms with Gasteiger partial charge < -0.3 is 15.2 Å². The lowest BCUT2D eigenvalue weighted by Crippen LogP contribution is -2.33. The minimum Gasteiger partial charge on any atom is -0.342 e. The Morgan fingerprint density at radius 3 is 2.44 bits per heavy atom. The molecule has 1 aromatic heterocycles. The molecule has 0 radical (unpaired) electrons. The van der Waals surface area contributed by atoms with E-state index in [0.717, 1.165) is 4.47 Å². The molecule has 3 rings (SSSR count). The van der Waals surface area contributed by atoms with Gasteiger partial charge in [0.05, 0.1) is 26.9 Å². The van der Waals surface area contributed by atoms with Crippen LogP contribution >= 0.6 is 62.5 Å². The summed E-state index contributed by atoms with van der Waals surface area (Å²) in [5.41, 5.74) is 0.990. The van der Waals surface area contributed by atoms with Crippen molar-refractivity contribution in [3.63, 3.8) is 0 Å². The van der Waals surface area contributed by atoms with E-state index in [-0.39, 0.29) is 23.5 Å². The normalized spacial score (nSPS) is 12.0. The first-order chi connectivity index (χ1) is 16.1. The first-order valence-corrected chi connectivity index (χ1v) is 13.0. The zero-order valence-corrected chi connectivity index (χ0v) is 23.1. The third-order valence-corrected chi connectivity index (χ3v) is 7.81. The third-order valence-electron chi connectivity index (χ3n) is 4.82. The van der Waals surface area contributed by atoms with Crippen molar-refractivity contribution >= 4 is 80.0 Å². The van der Waals surface area contributed by atoms with Gasteiger partial charge in [-0.3, -0.25) is 9.59 Å². The van der Waals surface area contributed by atoms with Crippen molar-refractivity contribution in [1.29, 1.82) is 0 Å². The van der Waals surface area contributed by atoms with Crippen LogP contribution in [0.5, 0.6) is 0 Å². The Labute approximate surface area is 225 Å². The van der Waals surface area contributed by atoms with Gasteiger partial charge in [-0.05, 0) is 58.2 Å². The highest BCUT2D eigenvalue weighted by molar-refractivity contribution is 9.10. The number of nitrogens with zero attached hydrogens (tertiary/aromatic N) is 3. The number of amides is 2. The second-order valence-corrected chi connectivity index (χ2v) is 10.7. The Balaban J connectivity index is 1.67. The van der Waals surface area contributed by atoms with Crippen LogP contribution < -0.4 is 10.6 Å². The number of aromatic nitrogens is 3. The van der Waals surface area contributed by atoms with Gasteiger partial charge in [0, 0.05) is 22.8 Å². The van der Waals surface area contributed by atoms with Crippen molar-refractivity contribution in [3.05, 3.63) is 67.3 Å². The molecule has 2 aromatic carbocycles. The van der Waals surface area contributed by atoms with Crippen LogP contribution in [0, 0.1) is 5.92 Å². The SMILES string of the molecule is CC(C)[C@H](NC(=O)c1ccc(Cl)c(Cl)c1)c1nnc(SCC(=O)Nc2ccc(Br)c(Cl)c2)n1C. The van der Waals surface area contributed by atoms with Crippen LogP contribution in [0.15, 0.2) is 46.0 Å². The van der Waals surface area contributed by atoms with Gasteiger partial charge in [-0.25, -0.2) is 0 Å². The van der Waals surface area contributed by atoms with E-state index in [0.29, 0.717) is 37.3 Å². The average molecular weight is 606 g/mol. The standard InChI is InChI=1S/C22H21BrCl3N5O2S/c1-11(2)19(28-21(33)12-4-7-15(24)17(26)8-12)20-29-30-22(31(20)3)34-10-18(32)27-13-5-6-14(23)16(25)9-13/h4-9,11,19H,10H2,1-3H3,(H,27,32)(H,28,33)/t19-/m0/s1. The van der Waals surface area contributed by atoms with E-state index in [1.807, 2.05) is 13.8 Å². The lowest BCUT2D eigenvalue weighted by Gasteiger charge is -2.22. The fourth-order valence-corrected chi connectivity index (χ4v) is 4.46. The van der Waals surface area contributed by atoms with E-state index in [1.54, 1.807) is 41.9 Å². The number of benzene rings is 2. The molecule has 0 bridgehead atoms. The van der Waals surface area contributed by atoms with Gasteiger partial charge >= 0.3 is 0 Å². The van der Waals surface area contributed by atoms with Gasteiger partial charge in [-0.2, -0.15) is 0 Å². The second kappa shape index (κ2) is 11.8. The molecule has 0 saturated heterocycles. The van der Waals surface area contributed by atoms with Gasteiger partial charge in [0.2, 0.25) is 5.91 Å². The number of halogens is 4. The van der Waals surface area contributed by atoms with Gasteiger partial charge in [-0.1, -0.05) is 60.4 Å². The van der Waals surface area contributed by atoms with Crippen molar-refractivity contribution in [1.82, 2.24) is 20.1 Å². The molecule has 2 amide bonds. The lowest BCUT2D eigenvalue weighted by atomic mass is 10.0. The molecule has 2 N–H and O–H groups in total. The molecule has 7 nitrogen and oxygen atoms in total. The van der Waals surface area contributed by atoms with Crippen LogP contribution in [-0.4, -0.2) is 32.3 Å². The molecule has 1 atom stereocenters. The van der Waals surface area contributed by atoms with E-state index < -0.39 is 6.04 Å². The Morgan fingerprint density at radius 2 is 1.79 bits per heavy atom. The van der Waals surface area contributed by atoms with E-state index in [9.17, 15) is 9.59 Å². The maximum atomic E-state index is 12.8. The second-order valence-electron chi connectivity index (χ2n) is 7.69. The maximum absolute atomic E-state index is 12.8. The van der Waals surface area contributed by atoms with Crippen LogP contribution in [0.1, 0.15) is 36.1 Å². The largest absolute Gasteiger partial charge is 0.342 e. The Morgan fingerprint density at radius 1 is 1.06 bits per heavy atom. The van der Waals surface area contributed by atoms with Gasteiger partial charge in [-0.15, -0.1) is 10.2 Å². The summed E-state index contributed by atoms with van der Waals surface area (Å²) in [5.74, 6) is 0.217. The predicted molar refractivity (Wildman–Crippen MR) is 141 cm³/mol. The van der Waals surface area contributed by atoms with Crippen molar-refractivity contribution in [2.45, 2.75) is 25.0 Å². The number of carbonyl (C=O) groups excluding carboxylic acids is 2. The first kappa shape index (κ1) is 26.8. The highest BCUT2D eigenvalue weighted by atomic mass is 79.9. The van der Waals surface area contributed by atoms with Crippen LogP contribution in [0.4, 0.5) is 5.69 Å². The quantitative estimate of drug-likeness (QED) is 0.290. The van der Waals surface area contributed by atoms with Crippen molar-refractivity contribution in [2.75, 3.05) is 11.1 Å². The molecule has 180 valence electrons. The Bertz CT molecular complexity index is 1220. The summed E-state index contributed by atoms with van der Waals surface area (Å²) in [6, 6.07) is 9.47. The molecule has 0 spiro atoms. The molecule has 0 fully saturated rings. The summed E-state index contributed by atoms with van der Waals surface area (Å²) in [5, 5.41) is 16.0. The van der Waals surface area contributed by atoms with Crippen LogP contribution in [-0.2, 0) is 11.8 Å². The average Bonchev–Trinajstić information content (AvgIpc) is 3.14. The summed E-state index contributed by atoms with van der Waals surface area (Å²) < 4.78 is 2.52. The number of thioether (sulfide) groups is 1. The topological polar surface area (TPSA) is 88.9 Å². The van der Waals surface area contributed by atoms with Crippen molar-refractivity contribution in [3.8, 4) is 0 Å². The van der Waals surface area contributed by atoms with Gasteiger partial charge in [0.1, 0.15) is 0 Å². The number of nitrogens with one attached hydrogen (secondary N) is 2. The lowest BCUT2D eigenvalue weighted by molar-refractivity contribution is -0.113. The van der Waals surface area contributed by atoms with Crippen molar-refractivity contribution < 1.29 is 9.59 Å². The Hall–Kier alpha value is -1.78. The number of rotatable bonds is 8. The minimum absolute atomic E-state index is 0.0259. The summed E-state index contributed by atoms with van der Waals surface area (Å²) >= 11 is 22.6. The summed E-state index contributed by atoms with van der Waals surface area (Å²) in [4.78, 5) is 25.2. The third kappa shape index (κ3) is 6.66. The maximum Gasteiger partial charge on any atom is 0.251 e. The van der Waals surface area contributed by atoms with E-state index >= 15 is 0 Å². The Kier molecular flexibility index (Phi) is 9.28. The fraction of sp³-hybridized carbons (Fsp3) is 0.273. The first-order valence-electron chi connectivity index (χ1n) is 10.1. The van der Waals surface area contributed by atoms with Crippen LogP contribution in [0.2, 0.25) is 15.1 Å². The summed E-state index contributed by atoms with van der Waals surface area (Å²) in [7, 11) is 1.80. The molecule has 0 aliphatic rings. The van der Waals surface area contributed by atoms with E-state index in [2.05, 4.69) is 36.8 Å². The highest BCUT2D eigenvalue weighted by Gasteiger charge is 2.25. The van der Waals surface area contributed by atoms with Crippen LogP contribution in [0.25, 0.3) is 0 Å². The smallest absolute Gasteiger partial charge is 0.251 e. The van der Waals surface area contributed by atoms with E-state index in [1.165, 1.54) is 17.8 Å². The molecule has 34 heavy (non-hydrogen) atoms. The zero-order chi connectivity index (χ0) is 25.0. The monoisotopic (exact) mass is 603 g/mol. The number of hydrogen-bond acceptors (Lipinski definition) is 5. The summed E-state index contributed by atoms with van der Waals surface area (Å²) in [6.07, 6.45) is 0. The molecular formula is C22H21BrCl3N5O2S. The molecule has 0 unspecified atom stereocenters. The molecule has 0 aliphatic heterocycles. The molecule has 0 aliphatic carbocycles. The van der Waals surface area contributed by atoms with Crippen LogP contribution in [0.3, 0.4) is 0 Å². The molecular weight excluding hydrogens is 585 g/mol. The van der Waals surface area contributed by atoms with Crippen molar-refractivity contribution in [2.24, 2.45) is 13.0 Å². The number of carbonyl (C=O) groups is 2. The number of anilines is 1. The van der Waals surface area contributed by atoms with Gasteiger partial charge in [0.15, 0.2) is 11.0 Å². The fourth-order valence-electron chi connectivity index (χ4n) is 3.02. The van der Waals surface area contributed by atoms with Gasteiger partial charge in [0.25, 0.3) is 5.91 Å². The molecule has 12 heteroatoms. The highest BCUT2D eigenvalue weighted by Crippen LogP contribution is 2.28. The zero-order valence-electron chi connectivity index (χ0n) is 18.4. The summed E-state index contributed by atoms with van der Waals surface area (Å²) in [6.45, 7) is 3.94.